The quantitative estimate of drug-likeness (QED) is 0.294. The molecule has 1 aliphatic heterocycles. The molecule has 1 amide bonds. The number of nitrogens with zero attached hydrogens (tertiary/aromatic N) is 2. The molecule has 0 radical (unpaired) electrons. The highest BCUT2D eigenvalue weighted by Gasteiger charge is 2.21. The van der Waals surface area contributed by atoms with Gasteiger partial charge < -0.3 is 20.4 Å². The van der Waals surface area contributed by atoms with Crippen molar-refractivity contribution in [1.82, 2.24) is 20.9 Å². The predicted molar refractivity (Wildman–Crippen MR) is 120 cm³/mol. The van der Waals surface area contributed by atoms with Crippen molar-refractivity contribution in [2.45, 2.75) is 39.2 Å². The first-order chi connectivity index (χ1) is 12.6. The first kappa shape index (κ1) is 23.7. The van der Waals surface area contributed by atoms with Crippen LogP contribution in [0.15, 0.2) is 27.8 Å². The van der Waals surface area contributed by atoms with Crippen molar-refractivity contribution in [3.63, 3.8) is 0 Å². The standard InChI is InChI=1S/C19H33N5O2.HI/c1-15(2)13-22-19(21-9-6-17-5-4-12-26-17)23-16-7-10-24(11-8-16)14-18(25)20-3;/h4-5,12,15-16H,6-11,13-14H2,1-3H3,(H,20,25)(H2,21,22,23);1H. The molecule has 154 valence electrons. The van der Waals surface area contributed by atoms with Crippen LogP contribution in [0.25, 0.3) is 0 Å². The number of piperidine rings is 1. The molecule has 7 nitrogen and oxygen atoms in total. The highest BCUT2D eigenvalue weighted by Crippen LogP contribution is 2.10. The van der Waals surface area contributed by atoms with Gasteiger partial charge in [0.15, 0.2) is 5.96 Å². The van der Waals surface area contributed by atoms with Crippen molar-refractivity contribution < 1.29 is 9.21 Å². The number of nitrogens with one attached hydrogen (secondary N) is 3. The van der Waals surface area contributed by atoms with Crippen molar-refractivity contribution >= 4 is 35.8 Å². The third-order valence-electron chi connectivity index (χ3n) is 4.43. The lowest BCUT2D eigenvalue weighted by Gasteiger charge is -2.32. The summed E-state index contributed by atoms with van der Waals surface area (Å²) in [5.74, 6) is 2.45. The zero-order valence-electron chi connectivity index (χ0n) is 16.7. The fraction of sp³-hybridized carbons (Fsp3) is 0.684. The maximum absolute atomic E-state index is 11.5. The summed E-state index contributed by atoms with van der Waals surface area (Å²) in [7, 11) is 1.68. The monoisotopic (exact) mass is 491 g/mol. The van der Waals surface area contributed by atoms with Gasteiger partial charge in [-0.1, -0.05) is 13.8 Å². The average molecular weight is 491 g/mol. The number of carbonyl (C=O) groups excluding carboxylic acids is 1. The number of carbonyl (C=O) groups is 1. The van der Waals surface area contributed by atoms with Gasteiger partial charge in [0.05, 0.1) is 12.8 Å². The van der Waals surface area contributed by atoms with Crippen LogP contribution in [-0.2, 0) is 11.2 Å². The summed E-state index contributed by atoms with van der Waals surface area (Å²) in [4.78, 5) is 18.4. The largest absolute Gasteiger partial charge is 0.469 e. The summed E-state index contributed by atoms with van der Waals surface area (Å²) >= 11 is 0. The van der Waals surface area contributed by atoms with E-state index in [0.717, 1.165) is 57.2 Å². The maximum atomic E-state index is 11.5. The first-order valence-electron chi connectivity index (χ1n) is 9.57. The molecule has 0 aromatic carbocycles. The van der Waals surface area contributed by atoms with E-state index >= 15 is 0 Å². The summed E-state index contributed by atoms with van der Waals surface area (Å²) in [6, 6.07) is 4.29. The Balaban J connectivity index is 0.00000364. The summed E-state index contributed by atoms with van der Waals surface area (Å²) in [5.41, 5.74) is 0. The number of halogens is 1. The fourth-order valence-electron chi connectivity index (χ4n) is 2.90. The Hall–Kier alpha value is -1.29. The lowest BCUT2D eigenvalue weighted by Crippen LogP contribution is -2.50. The third-order valence-corrected chi connectivity index (χ3v) is 4.43. The number of rotatable bonds is 8. The average Bonchev–Trinajstić information content (AvgIpc) is 3.14. The van der Waals surface area contributed by atoms with Crippen LogP contribution in [0.2, 0.25) is 0 Å². The Morgan fingerprint density at radius 3 is 2.70 bits per heavy atom. The summed E-state index contributed by atoms with van der Waals surface area (Å²) < 4.78 is 5.38. The van der Waals surface area contributed by atoms with Crippen LogP contribution < -0.4 is 16.0 Å². The van der Waals surface area contributed by atoms with Gasteiger partial charge in [0.1, 0.15) is 5.76 Å². The van der Waals surface area contributed by atoms with E-state index in [-0.39, 0.29) is 29.9 Å². The normalized spacial score (nSPS) is 16.1. The summed E-state index contributed by atoms with van der Waals surface area (Å²) in [5, 5.41) is 9.66. The van der Waals surface area contributed by atoms with Gasteiger partial charge in [-0.25, -0.2) is 0 Å². The van der Waals surface area contributed by atoms with Crippen molar-refractivity contribution in [3.05, 3.63) is 24.2 Å². The number of hydrogen-bond acceptors (Lipinski definition) is 4. The minimum Gasteiger partial charge on any atom is -0.469 e. The Morgan fingerprint density at radius 1 is 1.37 bits per heavy atom. The van der Waals surface area contributed by atoms with Crippen molar-refractivity contribution in [3.8, 4) is 0 Å². The minimum atomic E-state index is 0. The fourth-order valence-corrected chi connectivity index (χ4v) is 2.90. The van der Waals surface area contributed by atoms with E-state index in [4.69, 9.17) is 9.41 Å². The molecule has 0 saturated carbocycles. The summed E-state index contributed by atoms with van der Waals surface area (Å²) in [6.07, 6.45) is 4.56. The molecule has 27 heavy (non-hydrogen) atoms. The molecule has 1 aliphatic rings. The number of furan rings is 1. The zero-order valence-corrected chi connectivity index (χ0v) is 19.0. The Labute approximate surface area is 179 Å². The van der Waals surface area contributed by atoms with Crippen LogP contribution in [0, 0.1) is 5.92 Å². The Bertz CT molecular complexity index is 554. The SMILES string of the molecule is CNC(=O)CN1CCC(NC(=NCC(C)C)NCCc2ccco2)CC1.I. The highest BCUT2D eigenvalue weighted by molar-refractivity contribution is 14.0. The number of amides is 1. The minimum absolute atomic E-state index is 0. The first-order valence-corrected chi connectivity index (χ1v) is 9.57. The molecule has 8 heteroatoms. The van der Waals surface area contributed by atoms with Crippen molar-refractivity contribution in [2.24, 2.45) is 10.9 Å². The van der Waals surface area contributed by atoms with E-state index in [9.17, 15) is 4.79 Å². The van der Waals surface area contributed by atoms with E-state index in [2.05, 4.69) is 34.7 Å². The van der Waals surface area contributed by atoms with Gasteiger partial charge in [0.2, 0.25) is 5.91 Å². The molecule has 1 aromatic heterocycles. The smallest absolute Gasteiger partial charge is 0.233 e. The van der Waals surface area contributed by atoms with Gasteiger partial charge in [-0.3, -0.25) is 14.7 Å². The van der Waals surface area contributed by atoms with Gasteiger partial charge >= 0.3 is 0 Å². The number of likely N-dealkylation sites (tertiary alicyclic amines) is 1. The molecule has 0 atom stereocenters. The van der Waals surface area contributed by atoms with Crippen LogP contribution >= 0.6 is 24.0 Å². The van der Waals surface area contributed by atoms with Gasteiger partial charge in [-0.2, -0.15) is 0 Å². The third kappa shape index (κ3) is 9.46. The molecule has 2 heterocycles. The molecule has 2 rings (SSSR count). The van der Waals surface area contributed by atoms with E-state index in [1.54, 1.807) is 13.3 Å². The van der Waals surface area contributed by atoms with E-state index in [0.29, 0.717) is 18.5 Å². The molecule has 1 fully saturated rings. The lowest BCUT2D eigenvalue weighted by molar-refractivity contribution is -0.122. The molecule has 1 aromatic rings. The second kappa shape index (κ2) is 13.0. The van der Waals surface area contributed by atoms with Gasteiger partial charge in [0, 0.05) is 45.7 Å². The summed E-state index contributed by atoms with van der Waals surface area (Å²) in [6.45, 7) is 8.25. The molecular formula is C19H34IN5O2. The topological polar surface area (TPSA) is 81.9 Å². The van der Waals surface area contributed by atoms with Crippen LogP contribution in [0.1, 0.15) is 32.4 Å². The molecule has 0 aliphatic carbocycles. The molecule has 0 bridgehead atoms. The number of aliphatic imine (C=N–C) groups is 1. The number of likely N-dealkylation sites (N-methyl/N-ethyl adjacent to an activating group) is 1. The van der Waals surface area contributed by atoms with Gasteiger partial charge in [0.25, 0.3) is 0 Å². The Morgan fingerprint density at radius 2 is 2.11 bits per heavy atom. The highest BCUT2D eigenvalue weighted by atomic mass is 127. The van der Waals surface area contributed by atoms with Crippen LogP contribution in [0.4, 0.5) is 0 Å². The molecule has 0 spiro atoms. The van der Waals surface area contributed by atoms with Crippen molar-refractivity contribution in [2.75, 3.05) is 39.8 Å². The molecular weight excluding hydrogens is 457 g/mol. The van der Waals surface area contributed by atoms with E-state index < -0.39 is 0 Å². The van der Waals surface area contributed by atoms with Crippen LogP contribution in [0.3, 0.4) is 0 Å². The lowest BCUT2D eigenvalue weighted by atomic mass is 10.1. The molecule has 3 N–H and O–H groups in total. The predicted octanol–water partition coefficient (Wildman–Crippen LogP) is 1.84. The second-order valence-electron chi connectivity index (χ2n) is 7.21. The molecule has 1 saturated heterocycles. The van der Waals surface area contributed by atoms with Gasteiger partial charge in [-0.05, 0) is 30.9 Å². The second-order valence-corrected chi connectivity index (χ2v) is 7.21. The van der Waals surface area contributed by atoms with Crippen LogP contribution in [0.5, 0.6) is 0 Å². The number of hydrogen-bond donors (Lipinski definition) is 3. The zero-order chi connectivity index (χ0) is 18.8. The van der Waals surface area contributed by atoms with Crippen molar-refractivity contribution in [1.29, 1.82) is 0 Å². The van der Waals surface area contributed by atoms with Gasteiger partial charge in [-0.15, -0.1) is 24.0 Å². The van der Waals surface area contributed by atoms with Crippen LogP contribution in [-0.4, -0.2) is 62.6 Å². The number of guanidine groups is 1. The Kier molecular flexibility index (Phi) is 11.4. The van der Waals surface area contributed by atoms with E-state index in [1.165, 1.54) is 0 Å². The van der Waals surface area contributed by atoms with E-state index in [1.807, 2.05) is 12.1 Å². The molecule has 0 unspecified atom stereocenters. The maximum Gasteiger partial charge on any atom is 0.233 e.